The highest BCUT2D eigenvalue weighted by Gasteiger charge is 2.21. The lowest BCUT2D eigenvalue weighted by Crippen LogP contribution is -2.35. The van der Waals surface area contributed by atoms with Crippen LogP contribution in [0.5, 0.6) is 0 Å². The van der Waals surface area contributed by atoms with Gasteiger partial charge in [0, 0.05) is 18.8 Å². The fourth-order valence-electron chi connectivity index (χ4n) is 1.82. The molecule has 1 heterocycles. The molecule has 6 nitrogen and oxygen atoms in total. The summed E-state index contributed by atoms with van der Waals surface area (Å²) in [6, 6.07) is 3.32. The standard InChI is InChI=1S/C14H20N2O4/c1-4-20-14(19)11-6-5-8-15-13(11)16(10(2)3)9-7-12(17)18/h5-6,8,10H,4,7,9H2,1-3H3,(H,17,18). The second-order valence-corrected chi connectivity index (χ2v) is 4.53. The van der Waals surface area contributed by atoms with E-state index in [-0.39, 0.29) is 25.6 Å². The molecule has 6 heteroatoms. The SMILES string of the molecule is CCOC(=O)c1cccnc1N(CCC(=O)O)C(C)C. The van der Waals surface area contributed by atoms with Crippen LogP contribution in [0.1, 0.15) is 37.6 Å². The first-order valence-electron chi connectivity index (χ1n) is 6.58. The first kappa shape index (κ1) is 15.9. The van der Waals surface area contributed by atoms with Crippen molar-refractivity contribution in [2.24, 2.45) is 0 Å². The third-order valence-corrected chi connectivity index (χ3v) is 2.74. The molecule has 0 aliphatic carbocycles. The lowest BCUT2D eigenvalue weighted by Gasteiger charge is -2.28. The minimum atomic E-state index is -0.885. The number of ether oxygens (including phenoxy) is 1. The highest BCUT2D eigenvalue weighted by atomic mass is 16.5. The molecule has 20 heavy (non-hydrogen) atoms. The number of carboxylic acid groups (broad SMARTS) is 1. The second-order valence-electron chi connectivity index (χ2n) is 4.53. The van der Waals surface area contributed by atoms with Crippen molar-refractivity contribution in [3.63, 3.8) is 0 Å². The highest BCUT2D eigenvalue weighted by Crippen LogP contribution is 2.20. The van der Waals surface area contributed by atoms with Crippen molar-refractivity contribution in [3.8, 4) is 0 Å². The van der Waals surface area contributed by atoms with Crippen LogP contribution in [0, 0.1) is 0 Å². The van der Waals surface area contributed by atoms with Crippen molar-refractivity contribution < 1.29 is 19.4 Å². The first-order chi connectivity index (χ1) is 9.47. The van der Waals surface area contributed by atoms with Crippen LogP contribution >= 0.6 is 0 Å². The molecule has 0 aliphatic rings. The number of rotatable bonds is 7. The predicted molar refractivity (Wildman–Crippen MR) is 74.9 cm³/mol. The van der Waals surface area contributed by atoms with Crippen LogP contribution in [-0.4, -0.2) is 41.2 Å². The Kier molecular flexibility index (Phi) is 5.96. The summed E-state index contributed by atoms with van der Waals surface area (Å²) < 4.78 is 5.00. The minimum absolute atomic E-state index is 0.0168. The van der Waals surface area contributed by atoms with E-state index in [0.717, 1.165) is 0 Å². The van der Waals surface area contributed by atoms with Gasteiger partial charge in [-0.05, 0) is 32.9 Å². The van der Waals surface area contributed by atoms with Gasteiger partial charge in [-0.1, -0.05) is 0 Å². The number of nitrogens with zero attached hydrogens (tertiary/aromatic N) is 2. The van der Waals surface area contributed by atoms with Gasteiger partial charge in [0.2, 0.25) is 0 Å². The van der Waals surface area contributed by atoms with Crippen molar-refractivity contribution in [1.82, 2.24) is 4.98 Å². The molecule has 110 valence electrons. The molecule has 1 aromatic rings. The number of anilines is 1. The molecule has 1 N–H and O–H groups in total. The molecule has 0 saturated carbocycles. The van der Waals surface area contributed by atoms with E-state index in [4.69, 9.17) is 9.84 Å². The van der Waals surface area contributed by atoms with Gasteiger partial charge in [-0.3, -0.25) is 4.79 Å². The third kappa shape index (κ3) is 4.22. The Morgan fingerprint density at radius 1 is 1.45 bits per heavy atom. The second kappa shape index (κ2) is 7.47. The molecule has 1 rings (SSSR count). The van der Waals surface area contributed by atoms with Crippen LogP contribution in [0.3, 0.4) is 0 Å². The zero-order valence-corrected chi connectivity index (χ0v) is 12.0. The Morgan fingerprint density at radius 3 is 2.70 bits per heavy atom. The first-order valence-corrected chi connectivity index (χ1v) is 6.58. The van der Waals surface area contributed by atoms with E-state index in [9.17, 15) is 9.59 Å². The molecule has 0 aromatic carbocycles. The van der Waals surface area contributed by atoms with Crippen molar-refractivity contribution >= 4 is 17.8 Å². The van der Waals surface area contributed by atoms with Crippen molar-refractivity contribution in [2.75, 3.05) is 18.1 Å². The molecule has 0 unspecified atom stereocenters. The number of carboxylic acids is 1. The summed E-state index contributed by atoms with van der Waals surface area (Å²) in [4.78, 5) is 28.7. The Labute approximate surface area is 118 Å². The van der Waals surface area contributed by atoms with E-state index >= 15 is 0 Å². The Morgan fingerprint density at radius 2 is 2.15 bits per heavy atom. The average molecular weight is 280 g/mol. The number of aliphatic carboxylic acids is 1. The molecular formula is C14H20N2O4. The summed E-state index contributed by atoms with van der Waals surface area (Å²) in [6.45, 7) is 6.15. The topological polar surface area (TPSA) is 79.7 Å². The number of pyridine rings is 1. The Hall–Kier alpha value is -2.11. The lowest BCUT2D eigenvalue weighted by atomic mass is 10.2. The van der Waals surface area contributed by atoms with Gasteiger partial charge in [-0.2, -0.15) is 0 Å². The number of esters is 1. The van der Waals surface area contributed by atoms with Gasteiger partial charge in [-0.25, -0.2) is 9.78 Å². The van der Waals surface area contributed by atoms with Crippen LogP contribution in [0.2, 0.25) is 0 Å². The maximum Gasteiger partial charge on any atom is 0.341 e. The van der Waals surface area contributed by atoms with Gasteiger partial charge >= 0.3 is 11.9 Å². The average Bonchev–Trinajstić information content (AvgIpc) is 2.39. The number of aromatic nitrogens is 1. The predicted octanol–water partition coefficient (Wildman–Crippen LogP) is 1.95. The third-order valence-electron chi connectivity index (χ3n) is 2.74. The number of carbonyl (C=O) groups is 2. The normalized spacial score (nSPS) is 10.4. The Balaban J connectivity index is 3.06. The fourth-order valence-corrected chi connectivity index (χ4v) is 1.82. The largest absolute Gasteiger partial charge is 0.481 e. The molecule has 0 amide bonds. The van der Waals surface area contributed by atoms with Crippen molar-refractivity contribution in [3.05, 3.63) is 23.9 Å². The van der Waals surface area contributed by atoms with E-state index in [1.807, 2.05) is 13.8 Å². The molecule has 1 aromatic heterocycles. The van der Waals surface area contributed by atoms with Crippen molar-refractivity contribution in [2.45, 2.75) is 33.2 Å². The van der Waals surface area contributed by atoms with Gasteiger partial charge in [0.05, 0.1) is 13.0 Å². The summed E-state index contributed by atoms with van der Waals surface area (Å²) in [7, 11) is 0. The summed E-state index contributed by atoms with van der Waals surface area (Å²) in [6.07, 6.45) is 1.56. The van der Waals surface area contributed by atoms with Crippen LogP contribution in [-0.2, 0) is 9.53 Å². The lowest BCUT2D eigenvalue weighted by molar-refractivity contribution is -0.136. The molecule has 0 saturated heterocycles. The van der Waals surface area contributed by atoms with Crippen LogP contribution < -0.4 is 4.90 Å². The van der Waals surface area contributed by atoms with Gasteiger partial charge in [0.25, 0.3) is 0 Å². The Bertz CT molecular complexity index is 474. The number of hydrogen-bond acceptors (Lipinski definition) is 5. The molecule has 0 fully saturated rings. The van der Waals surface area contributed by atoms with E-state index in [1.54, 1.807) is 30.2 Å². The number of carbonyl (C=O) groups excluding carboxylic acids is 1. The van der Waals surface area contributed by atoms with Gasteiger partial charge < -0.3 is 14.7 Å². The van der Waals surface area contributed by atoms with Crippen LogP contribution in [0.25, 0.3) is 0 Å². The summed E-state index contributed by atoms with van der Waals surface area (Å²) in [5.41, 5.74) is 0.355. The van der Waals surface area contributed by atoms with Gasteiger partial charge in [-0.15, -0.1) is 0 Å². The minimum Gasteiger partial charge on any atom is -0.481 e. The van der Waals surface area contributed by atoms with E-state index < -0.39 is 11.9 Å². The quantitative estimate of drug-likeness (QED) is 0.769. The molecule has 0 bridgehead atoms. The number of hydrogen-bond donors (Lipinski definition) is 1. The van der Waals surface area contributed by atoms with Crippen LogP contribution in [0.15, 0.2) is 18.3 Å². The zero-order chi connectivity index (χ0) is 15.1. The zero-order valence-electron chi connectivity index (χ0n) is 12.0. The molecular weight excluding hydrogens is 260 g/mol. The molecule has 0 spiro atoms. The van der Waals surface area contributed by atoms with E-state index in [2.05, 4.69) is 4.98 Å². The summed E-state index contributed by atoms with van der Waals surface area (Å²) >= 11 is 0. The monoisotopic (exact) mass is 280 g/mol. The summed E-state index contributed by atoms with van der Waals surface area (Å²) in [5, 5.41) is 8.82. The summed E-state index contributed by atoms with van der Waals surface area (Å²) in [5.74, 6) is -0.872. The van der Waals surface area contributed by atoms with E-state index in [1.165, 1.54) is 0 Å². The maximum atomic E-state index is 11.9. The highest BCUT2D eigenvalue weighted by molar-refractivity contribution is 5.94. The smallest absolute Gasteiger partial charge is 0.341 e. The molecule has 0 aliphatic heterocycles. The van der Waals surface area contributed by atoms with Crippen LogP contribution in [0.4, 0.5) is 5.82 Å². The van der Waals surface area contributed by atoms with Gasteiger partial charge in [0.1, 0.15) is 11.4 Å². The molecule has 0 radical (unpaired) electrons. The fraction of sp³-hybridized carbons (Fsp3) is 0.500. The molecule has 0 atom stereocenters. The van der Waals surface area contributed by atoms with Gasteiger partial charge in [0.15, 0.2) is 0 Å². The van der Waals surface area contributed by atoms with E-state index in [0.29, 0.717) is 11.4 Å². The maximum absolute atomic E-state index is 11.9. The van der Waals surface area contributed by atoms with Crippen molar-refractivity contribution in [1.29, 1.82) is 0 Å².